The molecule has 0 aliphatic carbocycles. The Kier molecular flexibility index (Phi) is 6.96. The summed E-state index contributed by atoms with van der Waals surface area (Å²) in [5.41, 5.74) is 1.86. The number of likely N-dealkylation sites (tertiary alicyclic amines) is 1. The number of hydrogen-bond donors (Lipinski definition) is 3. The number of H-pyrrole nitrogens is 1. The molecule has 2 saturated heterocycles. The van der Waals surface area contributed by atoms with Crippen molar-refractivity contribution in [3.63, 3.8) is 0 Å². The number of carboxylic acid groups (broad SMARTS) is 1. The van der Waals surface area contributed by atoms with Gasteiger partial charge in [0.25, 0.3) is 0 Å². The molecule has 2 fully saturated rings. The van der Waals surface area contributed by atoms with Crippen LogP contribution in [0.4, 0.5) is 4.79 Å². The van der Waals surface area contributed by atoms with Gasteiger partial charge in [-0.15, -0.1) is 0 Å². The summed E-state index contributed by atoms with van der Waals surface area (Å²) in [7, 11) is -0.424. The molecule has 0 unspecified atom stereocenters. The van der Waals surface area contributed by atoms with Crippen LogP contribution in [-0.4, -0.2) is 62.4 Å². The van der Waals surface area contributed by atoms with Crippen LogP contribution in [0.2, 0.25) is 0 Å². The van der Waals surface area contributed by atoms with E-state index in [0.717, 1.165) is 29.6 Å². The minimum atomic E-state index is -1.20. The summed E-state index contributed by atoms with van der Waals surface area (Å²) in [4.78, 5) is 34.5. The summed E-state index contributed by atoms with van der Waals surface area (Å²) in [5, 5.41) is 11.6. The van der Waals surface area contributed by atoms with Gasteiger partial charge < -0.3 is 29.6 Å². The van der Waals surface area contributed by atoms with Crippen molar-refractivity contribution in [1.82, 2.24) is 20.2 Å². The molecule has 0 saturated carbocycles. The summed E-state index contributed by atoms with van der Waals surface area (Å²) in [6.07, 6.45) is 2.24. The predicted octanol–water partition coefficient (Wildman–Crippen LogP) is 3.72. The van der Waals surface area contributed by atoms with E-state index in [2.05, 4.69) is 10.3 Å². The van der Waals surface area contributed by atoms with E-state index in [-0.39, 0.29) is 23.9 Å². The number of carbonyl (C=O) groups is 2. The highest BCUT2D eigenvalue weighted by molar-refractivity contribution is 6.62. The van der Waals surface area contributed by atoms with Crippen molar-refractivity contribution < 1.29 is 24.0 Å². The molecule has 2 aliphatic heterocycles. The van der Waals surface area contributed by atoms with E-state index < -0.39 is 30.5 Å². The van der Waals surface area contributed by atoms with Crippen LogP contribution in [0, 0.1) is 5.92 Å². The van der Waals surface area contributed by atoms with Gasteiger partial charge in [0.15, 0.2) is 0 Å². The lowest BCUT2D eigenvalue weighted by Gasteiger charge is -2.32. The topological polar surface area (TPSA) is 117 Å². The third-order valence-electron chi connectivity index (χ3n) is 7.78. The SMILES string of the molecule is CC(C)[C@H](NC(=O)O)C(=O)N1[C@@H](C)CC[C@H]1c1nc(-c2ccc(B3OC(C)(C)C(C)(C)O3)cc2)c[nH]1. The molecule has 0 radical (unpaired) electrons. The van der Waals surface area contributed by atoms with Gasteiger partial charge in [0.2, 0.25) is 5.91 Å². The highest BCUT2D eigenvalue weighted by Gasteiger charge is 2.51. The highest BCUT2D eigenvalue weighted by Crippen LogP contribution is 2.38. The normalized spacial score (nSPS) is 23.8. The summed E-state index contributed by atoms with van der Waals surface area (Å²) < 4.78 is 12.3. The molecular formula is C26H37BN4O5. The lowest BCUT2D eigenvalue weighted by Crippen LogP contribution is -2.52. The number of aromatic nitrogens is 2. The fourth-order valence-corrected chi connectivity index (χ4v) is 4.88. The van der Waals surface area contributed by atoms with Crippen LogP contribution in [0.5, 0.6) is 0 Å². The number of hydrogen-bond acceptors (Lipinski definition) is 5. The summed E-state index contributed by atoms with van der Waals surface area (Å²) >= 11 is 0. The number of benzene rings is 1. The molecule has 1 aromatic heterocycles. The van der Waals surface area contributed by atoms with Gasteiger partial charge >= 0.3 is 13.2 Å². The molecule has 10 heteroatoms. The van der Waals surface area contributed by atoms with Crippen molar-refractivity contribution in [2.24, 2.45) is 5.92 Å². The zero-order valence-electron chi connectivity index (χ0n) is 22.2. The lowest BCUT2D eigenvalue weighted by molar-refractivity contribution is -0.137. The zero-order valence-corrected chi connectivity index (χ0v) is 22.2. The maximum Gasteiger partial charge on any atom is 0.494 e. The maximum absolute atomic E-state index is 13.4. The fraction of sp³-hybridized carbons (Fsp3) is 0.577. The molecule has 3 N–H and O–H groups in total. The number of nitrogens with zero attached hydrogens (tertiary/aromatic N) is 2. The van der Waals surface area contributed by atoms with Gasteiger partial charge in [-0.3, -0.25) is 4.79 Å². The summed E-state index contributed by atoms with van der Waals surface area (Å²) in [6, 6.07) is 6.92. The molecule has 0 bridgehead atoms. The van der Waals surface area contributed by atoms with Crippen LogP contribution in [0.3, 0.4) is 0 Å². The quantitative estimate of drug-likeness (QED) is 0.525. The molecule has 3 atom stereocenters. The average Bonchev–Trinajstić information content (AvgIpc) is 3.47. The van der Waals surface area contributed by atoms with Crippen LogP contribution < -0.4 is 10.8 Å². The Labute approximate surface area is 213 Å². The minimum absolute atomic E-state index is 0.00732. The summed E-state index contributed by atoms with van der Waals surface area (Å²) in [6.45, 7) is 13.8. The van der Waals surface area contributed by atoms with Crippen molar-refractivity contribution in [3.05, 3.63) is 36.3 Å². The second-order valence-electron chi connectivity index (χ2n) is 11.2. The molecule has 9 nitrogen and oxygen atoms in total. The number of aromatic amines is 1. The Balaban J connectivity index is 1.52. The average molecular weight is 496 g/mol. The molecule has 1 aromatic carbocycles. The first kappa shape index (κ1) is 26.2. The fourth-order valence-electron chi connectivity index (χ4n) is 4.88. The maximum atomic E-state index is 13.4. The van der Waals surface area contributed by atoms with Crippen LogP contribution >= 0.6 is 0 Å². The molecular weight excluding hydrogens is 459 g/mol. The van der Waals surface area contributed by atoms with Gasteiger partial charge in [-0.05, 0) is 58.8 Å². The Hall–Kier alpha value is -2.85. The van der Waals surface area contributed by atoms with Gasteiger partial charge in [0.05, 0.1) is 22.9 Å². The molecule has 36 heavy (non-hydrogen) atoms. The van der Waals surface area contributed by atoms with Gasteiger partial charge in [-0.25, -0.2) is 9.78 Å². The van der Waals surface area contributed by atoms with Crippen molar-refractivity contribution >= 4 is 24.6 Å². The number of carbonyl (C=O) groups excluding carboxylic acids is 1. The molecule has 4 rings (SSSR count). The van der Waals surface area contributed by atoms with Crippen molar-refractivity contribution in [2.45, 2.75) is 90.6 Å². The van der Waals surface area contributed by atoms with E-state index in [1.54, 1.807) is 4.90 Å². The van der Waals surface area contributed by atoms with Crippen molar-refractivity contribution in [3.8, 4) is 11.3 Å². The molecule has 2 aromatic rings. The van der Waals surface area contributed by atoms with Crippen molar-refractivity contribution in [2.75, 3.05) is 0 Å². The Morgan fingerprint density at radius 3 is 2.31 bits per heavy atom. The first-order valence-corrected chi connectivity index (χ1v) is 12.6. The van der Waals surface area contributed by atoms with Gasteiger partial charge in [-0.1, -0.05) is 38.1 Å². The third kappa shape index (κ3) is 4.88. The monoisotopic (exact) mass is 496 g/mol. The number of amides is 2. The molecule has 2 aliphatic rings. The molecule has 3 heterocycles. The van der Waals surface area contributed by atoms with Gasteiger partial charge in [-0.2, -0.15) is 0 Å². The summed E-state index contributed by atoms with van der Waals surface area (Å²) in [5.74, 6) is 0.319. The highest BCUT2D eigenvalue weighted by atomic mass is 16.7. The van der Waals surface area contributed by atoms with E-state index in [4.69, 9.17) is 14.3 Å². The number of imidazole rings is 1. The van der Waals surface area contributed by atoms with E-state index in [0.29, 0.717) is 5.82 Å². The van der Waals surface area contributed by atoms with E-state index in [1.165, 1.54) is 0 Å². The molecule has 194 valence electrons. The second kappa shape index (κ2) is 9.55. The minimum Gasteiger partial charge on any atom is -0.465 e. The zero-order chi connectivity index (χ0) is 26.4. The van der Waals surface area contributed by atoms with E-state index in [1.807, 2.05) is 78.9 Å². The third-order valence-corrected chi connectivity index (χ3v) is 7.78. The van der Waals surface area contributed by atoms with Gasteiger partial charge in [0.1, 0.15) is 11.9 Å². The standard InChI is InChI=1S/C26H37BN4O5/c1-15(2)21(30-24(33)34)23(32)31-16(3)8-13-20(31)22-28-14-19(29-22)17-9-11-18(12-10-17)27-35-25(4,5)26(6,7)36-27/h9-12,14-16,20-21,30H,8,13H2,1-7H3,(H,28,29)(H,33,34)/t16-,20-,21-/m0/s1. The molecule has 2 amide bonds. The molecule has 0 spiro atoms. The first-order chi connectivity index (χ1) is 16.8. The van der Waals surface area contributed by atoms with E-state index >= 15 is 0 Å². The smallest absolute Gasteiger partial charge is 0.465 e. The van der Waals surface area contributed by atoms with Crippen LogP contribution in [0.1, 0.15) is 73.2 Å². The first-order valence-electron chi connectivity index (χ1n) is 12.6. The predicted molar refractivity (Wildman–Crippen MR) is 138 cm³/mol. The Morgan fingerprint density at radius 2 is 1.75 bits per heavy atom. The van der Waals surface area contributed by atoms with Crippen LogP contribution in [0.25, 0.3) is 11.3 Å². The number of nitrogens with one attached hydrogen (secondary N) is 2. The van der Waals surface area contributed by atoms with E-state index in [9.17, 15) is 14.7 Å². The lowest BCUT2D eigenvalue weighted by atomic mass is 9.79. The second-order valence-corrected chi connectivity index (χ2v) is 11.2. The Bertz CT molecular complexity index is 1100. The number of rotatable bonds is 6. The van der Waals surface area contributed by atoms with Crippen molar-refractivity contribution in [1.29, 1.82) is 0 Å². The largest absolute Gasteiger partial charge is 0.494 e. The van der Waals surface area contributed by atoms with Crippen LogP contribution in [0.15, 0.2) is 30.5 Å². The Morgan fingerprint density at radius 1 is 1.14 bits per heavy atom. The van der Waals surface area contributed by atoms with Crippen LogP contribution in [-0.2, 0) is 14.1 Å². The van der Waals surface area contributed by atoms with Gasteiger partial charge in [0, 0.05) is 17.8 Å².